The number of amides is 1. The topological polar surface area (TPSA) is 45.2 Å². The second kappa shape index (κ2) is 7.47. The predicted molar refractivity (Wildman–Crippen MR) is 103 cm³/mol. The molecule has 4 rings (SSSR count). The molecule has 4 nitrogen and oxygen atoms in total. The van der Waals surface area contributed by atoms with Gasteiger partial charge in [0.05, 0.1) is 12.1 Å². The van der Waals surface area contributed by atoms with Crippen LogP contribution in [0.1, 0.15) is 21.0 Å². The van der Waals surface area contributed by atoms with Crippen LogP contribution in [0.2, 0.25) is 0 Å². The van der Waals surface area contributed by atoms with Crippen LogP contribution in [0.3, 0.4) is 0 Å². The fraction of sp³-hybridized carbons (Fsp3) is 0.263. The second-order valence-electron chi connectivity index (χ2n) is 6.14. The molecule has 2 aromatic heterocycles. The van der Waals surface area contributed by atoms with E-state index >= 15 is 0 Å². The van der Waals surface area contributed by atoms with Crippen LogP contribution in [0, 0.1) is 0 Å². The number of thiazole rings is 1. The lowest BCUT2D eigenvalue weighted by molar-refractivity contribution is -0.115. The summed E-state index contributed by atoms with van der Waals surface area (Å²) in [6, 6.07) is 14.5. The van der Waals surface area contributed by atoms with Gasteiger partial charge in [-0.05, 0) is 17.0 Å². The SMILES string of the molecule is O=C(Cc1cccs1)Nc1nc2c(s1)CN(Cc1ccccc1)CC2. The summed E-state index contributed by atoms with van der Waals surface area (Å²) in [5.74, 6) is 0.00897. The van der Waals surface area contributed by atoms with E-state index in [1.807, 2.05) is 23.6 Å². The van der Waals surface area contributed by atoms with Crippen molar-refractivity contribution in [2.75, 3.05) is 11.9 Å². The summed E-state index contributed by atoms with van der Waals surface area (Å²) in [7, 11) is 0. The van der Waals surface area contributed by atoms with E-state index in [0.717, 1.165) is 41.8 Å². The lowest BCUT2D eigenvalue weighted by Crippen LogP contribution is -2.29. The van der Waals surface area contributed by atoms with Crippen LogP contribution in [0.25, 0.3) is 0 Å². The van der Waals surface area contributed by atoms with Gasteiger partial charge in [-0.15, -0.1) is 22.7 Å². The van der Waals surface area contributed by atoms with Crippen molar-refractivity contribution in [2.24, 2.45) is 0 Å². The number of anilines is 1. The van der Waals surface area contributed by atoms with Gasteiger partial charge in [0.15, 0.2) is 5.13 Å². The average molecular weight is 370 g/mol. The van der Waals surface area contributed by atoms with E-state index in [4.69, 9.17) is 0 Å². The minimum absolute atomic E-state index is 0.00897. The summed E-state index contributed by atoms with van der Waals surface area (Å²) in [5, 5.41) is 5.68. The Kier molecular flexibility index (Phi) is 4.92. The molecule has 1 aliphatic heterocycles. The zero-order chi connectivity index (χ0) is 17.1. The highest BCUT2D eigenvalue weighted by molar-refractivity contribution is 7.15. The van der Waals surface area contributed by atoms with Crippen molar-refractivity contribution >= 4 is 33.7 Å². The number of aromatic nitrogens is 1. The molecule has 1 amide bonds. The smallest absolute Gasteiger partial charge is 0.231 e. The van der Waals surface area contributed by atoms with Gasteiger partial charge in [-0.3, -0.25) is 9.69 Å². The zero-order valence-electron chi connectivity index (χ0n) is 13.8. The molecule has 0 fully saturated rings. The molecule has 3 aromatic rings. The maximum atomic E-state index is 12.1. The summed E-state index contributed by atoms with van der Waals surface area (Å²) in [4.78, 5) is 21.6. The number of fused-ring (bicyclic) bond motifs is 1. The van der Waals surface area contributed by atoms with E-state index in [0.29, 0.717) is 6.42 Å². The molecule has 6 heteroatoms. The number of thiophene rings is 1. The van der Waals surface area contributed by atoms with E-state index in [9.17, 15) is 4.79 Å². The Morgan fingerprint density at radius 1 is 1.20 bits per heavy atom. The van der Waals surface area contributed by atoms with E-state index in [1.165, 1.54) is 10.4 Å². The first-order valence-electron chi connectivity index (χ1n) is 8.33. The van der Waals surface area contributed by atoms with Crippen molar-refractivity contribution in [1.29, 1.82) is 0 Å². The maximum absolute atomic E-state index is 12.1. The number of carbonyl (C=O) groups is 1. The van der Waals surface area contributed by atoms with Gasteiger partial charge < -0.3 is 5.32 Å². The van der Waals surface area contributed by atoms with Crippen LogP contribution in [0.5, 0.6) is 0 Å². The van der Waals surface area contributed by atoms with Gasteiger partial charge in [0.1, 0.15) is 0 Å². The Labute approximate surface area is 155 Å². The third-order valence-electron chi connectivity index (χ3n) is 4.22. The molecule has 128 valence electrons. The second-order valence-corrected chi connectivity index (χ2v) is 8.26. The van der Waals surface area contributed by atoms with Crippen LogP contribution in [-0.2, 0) is 30.7 Å². The fourth-order valence-corrected chi connectivity index (χ4v) is 4.78. The predicted octanol–water partition coefficient (Wildman–Crippen LogP) is 3.94. The Balaban J connectivity index is 1.38. The molecule has 0 aliphatic carbocycles. The van der Waals surface area contributed by atoms with Crippen LogP contribution in [-0.4, -0.2) is 22.3 Å². The van der Waals surface area contributed by atoms with E-state index in [-0.39, 0.29) is 5.91 Å². The molecule has 0 radical (unpaired) electrons. The Hall–Kier alpha value is -2.02. The molecular weight excluding hydrogens is 350 g/mol. The molecule has 0 spiro atoms. The monoisotopic (exact) mass is 369 g/mol. The van der Waals surface area contributed by atoms with Gasteiger partial charge in [0, 0.05) is 35.8 Å². The quantitative estimate of drug-likeness (QED) is 0.741. The highest BCUT2D eigenvalue weighted by Gasteiger charge is 2.21. The Morgan fingerprint density at radius 3 is 2.88 bits per heavy atom. The Bertz CT molecular complexity index is 843. The van der Waals surface area contributed by atoms with Crippen LogP contribution in [0.4, 0.5) is 5.13 Å². The van der Waals surface area contributed by atoms with Gasteiger partial charge in [-0.2, -0.15) is 0 Å². The van der Waals surface area contributed by atoms with Crippen molar-refractivity contribution < 1.29 is 4.79 Å². The fourth-order valence-electron chi connectivity index (χ4n) is 3.01. The van der Waals surface area contributed by atoms with Crippen LogP contribution >= 0.6 is 22.7 Å². The molecule has 0 saturated carbocycles. The molecule has 25 heavy (non-hydrogen) atoms. The zero-order valence-corrected chi connectivity index (χ0v) is 15.4. The lowest BCUT2D eigenvalue weighted by Gasteiger charge is -2.25. The maximum Gasteiger partial charge on any atom is 0.231 e. The molecule has 1 N–H and O–H groups in total. The molecule has 1 aliphatic rings. The average Bonchev–Trinajstić information content (AvgIpc) is 3.24. The van der Waals surface area contributed by atoms with Crippen molar-refractivity contribution in [3.05, 3.63) is 68.9 Å². The molecule has 3 heterocycles. The van der Waals surface area contributed by atoms with E-state index < -0.39 is 0 Å². The number of nitrogens with one attached hydrogen (secondary N) is 1. The van der Waals surface area contributed by atoms with E-state index in [2.05, 4.69) is 39.5 Å². The first kappa shape index (κ1) is 16.4. The summed E-state index contributed by atoms with van der Waals surface area (Å²) in [6.45, 7) is 2.87. The van der Waals surface area contributed by atoms with Gasteiger partial charge in [-0.25, -0.2) is 4.98 Å². The third-order valence-corrected chi connectivity index (χ3v) is 6.09. The number of hydrogen-bond donors (Lipinski definition) is 1. The highest BCUT2D eigenvalue weighted by Crippen LogP contribution is 2.29. The molecule has 0 saturated heterocycles. The molecular formula is C19H19N3OS2. The largest absolute Gasteiger partial charge is 0.302 e. The Morgan fingerprint density at radius 2 is 2.08 bits per heavy atom. The summed E-state index contributed by atoms with van der Waals surface area (Å²) < 4.78 is 0. The van der Waals surface area contributed by atoms with Crippen molar-refractivity contribution in [3.63, 3.8) is 0 Å². The summed E-state index contributed by atoms with van der Waals surface area (Å²) in [6.07, 6.45) is 1.36. The van der Waals surface area contributed by atoms with Crippen molar-refractivity contribution in [1.82, 2.24) is 9.88 Å². The summed E-state index contributed by atoms with van der Waals surface area (Å²) >= 11 is 3.22. The van der Waals surface area contributed by atoms with Gasteiger partial charge >= 0.3 is 0 Å². The normalized spacial score (nSPS) is 14.2. The molecule has 0 unspecified atom stereocenters. The van der Waals surface area contributed by atoms with Crippen molar-refractivity contribution in [3.8, 4) is 0 Å². The van der Waals surface area contributed by atoms with Gasteiger partial charge in [-0.1, -0.05) is 36.4 Å². The molecule has 1 aromatic carbocycles. The lowest BCUT2D eigenvalue weighted by atomic mass is 10.1. The first-order chi connectivity index (χ1) is 12.3. The number of rotatable bonds is 5. The van der Waals surface area contributed by atoms with E-state index in [1.54, 1.807) is 22.7 Å². The highest BCUT2D eigenvalue weighted by atomic mass is 32.1. The van der Waals surface area contributed by atoms with Crippen molar-refractivity contribution in [2.45, 2.75) is 25.9 Å². The number of nitrogens with zero attached hydrogens (tertiary/aromatic N) is 2. The van der Waals surface area contributed by atoms with Gasteiger partial charge in [0.2, 0.25) is 5.91 Å². The number of carbonyl (C=O) groups excluding carboxylic acids is 1. The molecule has 0 atom stereocenters. The first-order valence-corrected chi connectivity index (χ1v) is 10.0. The number of hydrogen-bond acceptors (Lipinski definition) is 5. The minimum Gasteiger partial charge on any atom is -0.302 e. The summed E-state index contributed by atoms with van der Waals surface area (Å²) in [5.41, 5.74) is 2.47. The third kappa shape index (κ3) is 4.15. The molecule has 0 bridgehead atoms. The standard InChI is InChI=1S/C19H19N3OS2/c23-18(11-15-7-4-10-24-15)21-19-20-16-8-9-22(13-17(16)25-19)12-14-5-2-1-3-6-14/h1-7,10H,8-9,11-13H2,(H,20,21,23). The number of benzene rings is 1. The van der Waals surface area contributed by atoms with Crippen LogP contribution in [0.15, 0.2) is 47.8 Å². The minimum atomic E-state index is 0.00897. The van der Waals surface area contributed by atoms with Gasteiger partial charge in [0.25, 0.3) is 0 Å². The van der Waals surface area contributed by atoms with Crippen LogP contribution < -0.4 is 5.32 Å².